The Morgan fingerprint density at radius 3 is 1.94 bits per heavy atom. The largest absolute Gasteiger partial charge is 0.396 e. The monoisotopic (exact) mass is 234 g/mol. The van der Waals surface area contributed by atoms with Crippen molar-refractivity contribution in [2.75, 3.05) is 6.61 Å². The fraction of sp³-hybridized carbons (Fsp3) is 0.625. The zero-order valence-corrected chi connectivity index (χ0v) is 11.1. The molecule has 0 saturated heterocycles. The third-order valence-corrected chi connectivity index (χ3v) is 3.27. The Balaban J connectivity index is 2.40. The molecule has 0 amide bonds. The van der Waals surface area contributed by atoms with Crippen molar-refractivity contribution in [3.8, 4) is 0 Å². The second kappa shape index (κ2) is 9.23. The molecule has 0 aliphatic heterocycles. The molecule has 17 heavy (non-hydrogen) atoms. The molecule has 0 aliphatic carbocycles. The summed E-state index contributed by atoms with van der Waals surface area (Å²) in [4.78, 5) is 0. The van der Waals surface area contributed by atoms with Crippen LogP contribution in [0.4, 0.5) is 0 Å². The molecule has 0 bridgehead atoms. The summed E-state index contributed by atoms with van der Waals surface area (Å²) in [5, 5.41) is 8.76. The number of aliphatic hydroxyl groups is 1. The quantitative estimate of drug-likeness (QED) is 0.637. The van der Waals surface area contributed by atoms with Crippen LogP contribution in [-0.2, 0) is 12.8 Å². The van der Waals surface area contributed by atoms with E-state index >= 15 is 0 Å². The van der Waals surface area contributed by atoms with E-state index in [0.29, 0.717) is 6.61 Å². The molecule has 0 unspecified atom stereocenters. The molecular formula is C16H26O. The van der Waals surface area contributed by atoms with Gasteiger partial charge in [0.15, 0.2) is 0 Å². The number of hydrogen-bond donors (Lipinski definition) is 1. The lowest BCUT2D eigenvalue weighted by molar-refractivity contribution is 0.283. The maximum atomic E-state index is 8.76. The van der Waals surface area contributed by atoms with Gasteiger partial charge in [-0.15, -0.1) is 0 Å². The summed E-state index contributed by atoms with van der Waals surface area (Å²) in [6.45, 7) is 2.58. The van der Waals surface area contributed by atoms with Crippen molar-refractivity contribution in [1.29, 1.82) is 0 Å². The van der Waals surface area contributed by atoms with Crippen LogP contribution in [0.1, 0.15) is 56.6 Å². The van der Waals surface area contributed by atoms with Gasteiger partial charge >= 0.3 is 0 Å². The fourth-order valence-electron chi connectivity index (χ4n) is 2.21. The van der Waals surface area contributed by atoms with Crippen LogP contribution in [0.5, 0.6) is 0 Å². The van der Waals surface area contributed by atoms with Gasteiger partial charge in [0.05, 0.1) is 0 Å². The molecule has 1 nitrogen and oxygen atoms in total. The highest BCUT2D eigenvalue weighted by Gasteiger charge is 2.01. The Labute approximate surface area is 106 Å². The van der Waals surface area contributed by atoms with Crippen molar-refractivity contribution in [3.63, 3.8) is 0 Å². The van der Waals surface area contributed by atoms with E-state index in [4.69, 9.17) is 5.11 Å². The summed E-state index contributed by atoms with van der Waals surface area (Å²) in [5.74, 6) is 0. The van der Waals surface area contributed by atoms with E-state index in [0.717, 1.165) is 12.8 Å². The Morgan fingerprint density at radius 2 is 1.41 bits per heavy atom. The second-order valence-electron chi connectivity index (χ2n) is 4.76. The minimum atomic E-state index is 0.331. The predicted molar refractivity (Wildman–Crippen MR) is 74.3 cm³/mol. The molecule has 0 fully saturated rings. The van der Waals surface area contributed by atoms with Gasteiger partial charge < -0.3 is 5.11 Å². The molecule has 1 aromatic rings. The van der Waals surface area contributed by atoms with Crippen LogP contribution >= 0.6 is 0 Å². The molecule has 0 radical (unpaired) electrons. The maximum absolute atomic E-state index is 8.76. The molecule has 0 saturated carbocycles. The van der Waals surface area contributed by atoms with Crippen molar-refractivity contribution >= 4 is 0 Å². The van der Waals surface area contributed by atoms with Gasteiger partial charge in [0.1, 0.15) is 0 Å². The van der Waals surface area contributed by atoms with Crippen LogP contribution in [-0.4, -0.2) is 11.7 Å². The van der Waals surface area contributed by atoms with E-state index in [1.165, 1.54) is 49.7 Å². The maximum Gasteiger partial charge on any atom is 0.0431 e. The van der Waals surface area contributed by atoms with E-state index in [2.05, 4.69) is 31.2 Å². The van der Waals surface area contributed by atoms with Crippen LogP contribution in [0.3, 0.4) is 0 Å². The van der Waals surface area contributed by atoms with Crippen molar-refractivity contribution in [2.24, 2.45) is 0 Å². The van der Waals surface area contributed by atoms with E-state index in [1.807, 2.05) is 0 Å². The van der Waals surface area contributed by atoms with Crippen LogP contribution in [0, 0.1) is 0 Å². The Kier molecular flexibility index (Phi) is 7.74. The highest BCUT2D eigenvalue weighted by Crippen LogP contribution is 2.15. The molecule has 1 heteroatoms. The van der Waals surface area contributed by atoms with Crippen molar-refractivity contribution in [3.05, 3.63) is 35.4 Å². The van der Waals surface area contributed by atoms with E-state index < -0.39 is 0 Å². The number of aryl methyl sites for hydroxylation is 2. The zero-order chi connectivity index (χ0) is 12.3. The van der Waals surface area contributed by atoms with Gasteiger partial charge in [-0.05, 0) is 43.2 Å². The van der Waals surface area contributed by atoms with Crippen molar-refractivity contribution in [1.82, 2.24) is 0 Å². The van der Waals surface area contributed by atoms with E-state index in [1.54, 1.807) is 0 Å². The molecule has 0 atom stereocenters. The molecule has 0 aliphatic rings. The molecule has 1 aromatic carbocycles. The van der Waals surface area contributed by atoms with Gasteiger partial charge in [-0.25, -0.2) is 0 Å². The summed E-state index contributed by atoms with van der Waals surface area (Å²) in [7, 11) is 0. The third kappa shape index (κ3) is 5.88. The average molecular weight is 234 g/mol. The van der Waals surface area contributed by atoms with Crippen molar-refractivity contribution < 1.29 is 5.11 Å². The highest BCUT2D eigenvalue weighted by molar-refractivity contribution is 5.27. The summed E-state index contributed by atoms with van der Waals surface area (Å²) in [6.07, 6.45) is 9.61. The standard InChI is InChI=1S/C16H26O/c1-2-3-5-10-15-12-7-8-13-16(15)11-6-4-9-14-17/h7-8,12-13,17H,2-6,9-11,14H2,1H3. The average Bonchev–Trinajstić information content (AvgIpc) is 2.36. The first-order valence-electron chi connectivity index (χ1n) is 7.06. The Hall–Kier alpha value is -0.820. The van der Waals surface area contributed by atoms with Crippen molar-refractivity contribution in [2.45, 2.75) is 58.3 Å². The lowest BCUT2D eigenvalue weighted by atomic mass is 9.97. The predicted octanol–water partition coefficient (Wildman–Crippen LogP) is 4.12. The first-order chi connectivity index (χ1) is 8.38. The highest BCUT2D eigenvalue weighted by atomic mass is 16.2. The molecular weight excluding hydrogens is 208 g/mol. The van der Waals surface area contributed by atoms with Gasteiger partial charge in [0, 0.05) is 6.61 Å². The number of rotatable bonds is 9. The number of hydrogen-bond acceptors (Lipinski definition) is 1. The van der Waals surface area contributed by atoms with Gasteiger partial charge in [-0.2, -0.15) is 0 Å². The van der Waals surface area contributed by atoms with Gasteiger partial charge in [-0.1, -0.05) is 50.5 Å². The second-order valence-corrected chi connectivity index (χ2v) is 4.76. The molecule has 0 spiro atoms. The lowest BCUT2D eigenvalue weighted by Crippen LogP contribution is -1.95. The molecule has 0 heterocycles. The summed E-state index contributed by atoms with van der Waals surface area (Å²) < 4.78 is 0. The molecule has 0 aromatic heterocycles. The molecule has 96 valence electrons. The Morgan fingerprint density at radius 1 is 0.824 bits per heavy atom. The smallest absolute Gasteiger partial charge is 0.0431 e. The van der Waals surface area contributed by atoms with Crippen LogP contribution in [0.2, 0.25) is 0 Å². The fourth-order valence-corrected chi connectivity index (χ4v) is 2.21. The number of benzene rings is 1. The normalized spacial score (nSPS) is 10.7. The van der Waals surface area contributed by atoms with Gasteiger partial charge in [-0.3, -0.25) is 0 Å². The topological polar surface area (TPSA) is 20.2 Å². The minimum absolute atomic E-state index is 0.331. The summed E-state index contributed by atoms with van der Waals surface area (Å²) in [5.41, 5.74) is 3.05. The third-order valence-electron chi connectivity index (χ3n) is 3.27. The lowest BCUT2D eigenvalue weighted by Gasteiger charge is -2.09. The first kappa shape index (κ1) is 14.2. The minimum Gasteiger partial charge on any atom is -0.396 e. The van der Waals surface area contributed by atoms with E-state index in [-0.39, 0.29) is 0 Å². The molecule has 1 rings (SSSR count). The van der Waals surface area contributed by atoms with E-state index in [9.17, 15) is 0 Å². The SMILES string of the molecule is CCCCCc1ccccc1CCCCCO. The van der Waals surface area contributed by atoms with Crippen LogP contribution < -0.4 is 0 Å². The zero-order valence-electron chi connectivity index (χ0n) is 11.1. The number of aliphatic hydroxyl groups excluding tert-OH is 1. The summed E-state index contributed by atoms with van der Waals surface area (Å²) in [6, 6.07) is 8.83. The van der Waals surface area contributed by atoms with Gasteiger partial charge in [0.2, 0.25) is 0 Å². The number of unbranched alkanes of at least 4 members (excludes halogenated alkanes) is 4. The van der Waals surface area contributed by atoms with Crippen LogP contribution in [0.25, 0.3) is 0 Å². The Bertz CT molecular complexity index is 293. The van der Waals surface area contributed by atoms with Crippen LogP contribution in [0.15, 0.2) is 24.3 Å². The first-order valence-corrected chi connectivity index (χ1v) is 7.06. The van der Waals surface area contributed by atoms with Gasteiger partial charge in [0.25, 0.3) is 0 Å². The summed E-state index contributed by atoms with van der Waals surface area (Å²) >= 11 is 0. The molecule has 1 N–H and O–H groups in total.